The van der Waals surface area contributed by atoms with Gasteiger partial charge in [0.2, 0.25) is 10.0 Å². The van der Waals surface area contributed by atoms with E-state index in [0.717, 1.165) is 12.1 Å². The van der Waals surface area contributed by atoms with Crippen molar-refractivity contribution in [1.29, 1.82) is 0 Å². The Morgan fingerprint density at radius 2 is 2.05 bits per heavy atom. The van der Waals surface area contributed by atoms with Gasteiger partial charge in [0.05, 0.1) is 4.90 Å². The second-order valence-corrected chi connectivity index (χ2v) is 8.65. The summed E-state index contributed by atoms with van der Waals surface area (Å²) < 4.78 is 23.2. The highest BCUT2D eigenvalue weighted by molar-refractivity contribution is 8.00. The number of nitrogens with one attached hydrogen (secondary N) is 1. The van der Waals surface area contributed by atoms with Gasteiger partial charge in [-0.2, -0.15) is 11.8 Å². The fraction of sp³-hybridized carbons (Fsp3) is 0.600. The Balaban J connectivity index is 2.05. The van der Waals surface area contributed by atoms with E-state index in [0.29, 0.717) is 4.75 Å². The van der Waals surface area contributed by atoms with Crippen LogP contribution in [0.4, 0.5) is 0 Å². The normalized spacial score (nSPS) is 19.6. The maximum Gasteiger partial charge on any atom is 0.238 e. The Labute approximate surface area is 131 Å². The molecule has 0 spiro atoms. The van der Waals surface area contributed by atoms with Gasteiger partial charge in [-0.1, -0.05) is 25.0 Å². The van der Waals surface area contributed by atoms with Crippen LogP contribution >= 0.6 is 11.8 Å². The molecule has 0 aromatic heterocycles. The molecule has 0 amide bonds. The van der Waals surface area contributed by atoms with E-state index in [9.17, 15) is 8.42 Å². The number of benzene rings is 1. The first-order valence-corrected chi connectivity index (χ1v) is 10.0. The molecule has 1 aliphatic rings. The molecule has 1 fully saturated rings. The van der Waals surface area contributed by atoms with E-state index >= 15 is 0 Å². The summed E-state index contributed by atoms with van der Waals surface area (Å²) in [5.41, 5.74) is 0.954. The van der Waals surface area contributed by atoms with Crippen molar-refractivity contribution >= 4 is 21.8 Å². The van der Waals surface area contributed by atoms with Gasteiger partial charge in [0.1, 0.15) is 0 Å². The van der Waals surface area contributed by atoms with Crippen LogP contribution in [0, 0.1) is 0 Å². The van der Waals surface area contributed by atoms with Gasteiger partial charge in [-0.25, -0.2) is 13.6 Å². The number of rotatable bonds is 6. The summed E-state index contributed by atoms with van der Waals surface area (Å²) in [4.78, 5) is 0.175. The molecular formula is C15H24N2O2S2. The van der Waals surface area contributed by atoms with Gasteiger partial charge in [-0.05, 0) is 43.7 Å². The zero-order valence-electron chi connectivity index (χ0n) is 12.6. The predicted molar refractivity (Wildman–Crippen MR) is 88.9 cm³/mol. The molecule has 1 aliphatic carbocycles. The summed E-state index contributed by atoms with van der Waals surface area (Å²) in [6.07, 6.45) is 7.30. The van der Waals surface area contributed by atoms with E-state index in [1.54, 1.807) is 12.1 Å². The van der Waals surface area contributed by atoms with Crippen molar-refractivity contribution in [2.75, 3.05) is 12.8 Å². The molecular weight excluding hydrogens is 304 g/mol. The highest BCUT2D eigenvalue weighted by atomic mass is 32.2. The van der Waals surface area contributed by atoms with Gasteiger partial charge in [0.25, 0.3) is 0 Å². The minimum atomic E-state index is -3.64. The monoisotopic (exact) mass is 328 g/mol. The Morgan fingerprint density at radius 3 is 2.62 bits per heavy atom. The summed E-state index contributed by atoms with van der Waals surface area (Å²) >= 11 is 1.95. The molecule has 0 saturated heterocycles. The van der Waals surface area contributed by atoms with Crippen LogP contribution in [0.15, 0.2) is 29.2 Å². The van der Waals surface area contributed by atoms with Gasteiger partial charge < -0.3 is 5.32 Å². The van der Waals surface area contributed by atoms with Crippen molar-refractivity contribution in [3.05, 3.63) is 29.8 Å². The fourth-order valence-electron chi connectivity index (χ4n) is 2.89. The fourth-order valence-corrected chi connectivity index (χ4v) is 4.38. The van der Waals surface area contributed by atoms with E-state index in [-0.39, 0.29) is 10.9 Å². The van der Waals surface area contributed by atoms with Crippen LogP contribution in [0.1, 0.15) is 44.2 Å². The number of hydrogen-bond donors (Lipinski definition) is 2. The summed E-state index contributed by atoms with van der Waals surface area (Å²) in [5, 5.41) is 8.75. The predicted octanol–water partition coefficient (Wildman–Crippen LogP) is 2.66. The van der Waals surface area contributed by atoms with Crippen LogP contribution in [0.25, 0.3) is 0 Å². The van der Waals surface area contributed by atoms with Crippen molar-refractivity contribution in [3.63, 3.8) is 0 Å². The quantitative estimate of drug-likeness (QED) is 0.842. The van der Waals surface area contributed by atoms with Crippen LogP contribution in [-0.4, -0.2) is 26.0 Å². The Morgan fingerprint density at radius 1 is 1.38 bits per heavy atom. The third-order valence-corrected chi connectivity index (χ3v) is 6.69. The number of thioether (sulfide) groups is 1. The third-order valence-electron chi connectivity index (χ3n) is 4.36. The summed E-state index contributed by atoms with van der Waals surface area (Å²) in [7, 11) is -3.64. The Bertz CT molecular complexity index is 581. The van der Waals surface area contributed by atoms with Crippen LogP contribution in [-0.2, 0) is 10.0 Å². The van der Waals surface area contributed by atoms with E-state index in [2.05, 4.69) is 18.5 Å². The van der Waals surface area contributed by atoms with Crippen LogP contribution < -0.4 is 10.5 Å². The largest absolute Gasteiger partial charge is 0.309 e. The molecule has 0 aliphatic heterocycles. The average molecular weight is 329 g/mol. The van der Waals surface area contributed by atoms with E-state index in [4.69, 9.17) is 5.14 Å². The third kappa shape index (κ3) is 4.22. The topological polar surface area (TPSA) is 72.2 Å². The molecule has 1 atom stereocenters. The maximum absolute atomic E-state index is 11.4. The van der Waals surface area contributed by atoms with Gasteiger partial charge in [0, 0.05) is 17.3 Å². The number of nitrogens with two attached hydrogens (primary N) is 1. The lowest BCUT2D eigenvalue weighted by atomic mass is 10.0. The SMILES string of the molecule is CSC1(CNC(C)c2cccc(S(N)(=O)=O)c2)CCCC1. The molecule has 0 bridgehead atoms. The number of primary sulfonamides is 1. The zero-order chi connectivity index (χ0) is 15.5. The van der Waals surface area contributed by atoms with Crippen molar-refractivity contribution in [1.82, 2.24) is 5.32 Å². The first-order valence-electron chi connectivity index (χ1n) is 7.28. The van der Waals surface area contributed by atoms with Crippen LogP contribution in [0.5, 0.6) is 0 Å². The number of hydrogen-bond acceptors (Lipinski definition) is 4. The molecule has 1 aromatic carbocycles. The van der Waals surface area contributed by atoms with Gasteiger partial charge in [0.15, 0.2) is 0 Å². The summed E-state index contributed by atoms with van der Waals surface area (Å²) in [6, 6.07) is 6.98. The standard InChI is InChI=1S/C15H24N2O2S2/c1-12(17-11-15(20-2)8-3-4-9-15)13-6-5-7-14(10-13)21(16,18)19/h5-7,10,12,17H,3-4,8-9,11H2,1-2H3,(H2,16,18,19). The first kappa shape index (κ1) is 16.8. The first-order chi connectivity index (χ1) is 9.86. The van der Waals surface area contributed by atoms with E-state index in [1.165, 1.54) is 31.7 Å². The molecule has 2 rings (SSSR count). The molecule has 21 heavy (non-hydrogen) atoms. The van der Waals surface area contributed by atoms with Gasteiger partial charge in [-0.3, -0.25) is 0 Å². The van der Waals surface area contributed by atoms with Gasteiger partial charge in [-0.15, -0.1) is 0 Å². The smallest absolute Gasteiger partial charge is 0.238 e. The van der Waals surface area contributed by atoms with Gasteiger partial charge >= 0.3 is 0 Å². The lowest BCUT2D eigenvalue weighted by molar-refractivity contribution is 0.486. The molecule has 1 aromatic rings. The lowest BCUT2D eigenvalue weighted by Gasteiger charge is -2.29. The minimum absolute atomic E-state index is 0.108. The molecule has 118 valence electrons. The summed E-state index contributed by atoms with van der Waals surface area (Å²) in [5.74, 6) is 0. The molecule has 1 unspecified atom stereocenters. The highest BCUT2D eigenvalue weighted by Crippen LogP contribution is 2.40. The second kappa shape index (κ2) is 6.69. The summed E-state index contributed by atoms with van der Waals surface area (Å²) in [6.45, 7) is 3.01. The zero-order valence-corrected chi connectivity index (χ0v) is 14.3. The van der Waals surface area contributed by atoms with Crippen molar-refractivity contribution in [2.45, 2.75) is 48.3 Å². The molecule has 6 heteroatoms. The molecule has 0 radical (unpaired) electrons. The molecule has 3 N–H and O–H groups in total. The lowest BCUT2D eigenvalue weighted by Crippen LogP contribution is -2.36. The molecule has 1 saturated carbocycles. The van der Waals surface area contributed by atoms with Crippen molar-refractivity contribution < 1.29 is 8.42 Å². The van der Waals surface area contributed by atoms with E-state index in [1.807, 2.05) is 17.8 Å². The molecule has 0 heterocycles. The Hall–Kier alpha value is -0.560. The number of sulfonamides is 1. The van der Waals surface area contributed by atoms with Crippen LogP contribution in [0.2, 0.25) is 0 Å². The maximum atomic E-state index is 11.4. The highest BCUT2D eigenvalue weighted by Gasteiger charge is 2.32. The van der Waals surface area contributed by atoms with Crippen molar-refractivity contribution in [3.8, 4) is 0 Å². The van der Waals surface area contributed by atoms with Crippen molar-refractivity contribution in [2.24, 2.45) is 5.14 Å². The second-order valence-electron chi connectivity index (χ2n) is 5.81. The average Bonchev–Trinajstić information content (AvgIpc) is 2.93. The van der Waals surface area contributed by atoms with E-state index < -0.39 is 10.0 Å². The Kier molecular flexibility index (Phi) is 5.35. The van der Waals surface area contributed by atoms with Crippen LogP contribution in [0.3, 0.4) is 0 Å². The molecule has 4 nitrogen and oxygen atoms in total. The minimum Gasteiger partial charge on any atom is -0.309 e.